The number of piperazine rings is 1. The van der Waals surface area contributed by atoms with Gasteiger partial charge in [0.05, 0.1) is 4.90 Å². The molecule has 2 N–H and O–H groups in total. The lowest BCUT2D eigenvalue weighted by atomic mass is 10.2. The predicted molar refractivity (Wildman–Crippen MR) is 124 cm³/mol. The number of hydrogen-bond donors (Lipinski definition) is 2. The summed E-state index contributed by atoms with van der Waals surface area (Å²) in [4.78, 5) is 26.8. The van der Waals surface area contributed by atoms with Crippen molar-refractivity contribution >= 4 is 27.5 Å². The van der Waals surface area contributed by atoms with Crippen molar-refractivity contribution in [1.82, 2.24) is 14.9 Å². The number of benzene rings is 2. The van der Waals surface area contributed by atoms with Crippen molar-refractivity contribution in [3.63, 3.8) is 0 Å². The monoisotopic (exact) mass is 458 g/mol. The summed E-state index contributed by atoms with van der Waals surface area (Å²) in [5, 5.41) is 5.34. The Balaban J connectivity index is 1.66. The Kier molecular flexibility index (Phi) is 7.87. The minimum Gasteiger partial charge on any atom is -0.369 e. The van der Waals surface area contributed by atoms with Crippen LogP contribution in [0.1, 0.15) is 30.6 Å². The van der Waals surface area contributed by atoms with Crippen LogP contribution < -0.4 is 15.5 Å². The molecule has 2 aromatic rings. The summed E-state index contributed by atoms with van der Waals surface area (Å²) in [7, 11) is -3.73. The second-order valence-corrected chi connectivity index (χ2v) is 9.68. The Hall–Kier alpha value is -2.91. The summed E-state index contributed by atoms with van der Waals surface area (Å²) in [5.74, 6) is -0.768. The van der Waals surface area contributed by atoms with Gasteiger partial charge in [0.15, 0.2) is 0 Å². The van der Waals surface area contributed by atoms with Gasteiger partial charge in [0.2, 0.25) is 15.9 Å². The van der Waals surface area contributed by atoms with Crippen LogP contribution in [0.4, 0.5) is 5.69 Å². The maximum atomic E-state index is 13.2. The summed E-state index contributed by atoms with van der Waals surface area (Å²) in [5.41, 5.74) is 1.27. The van der Waals surface area contributed by atoms with E-state index in [1.807, 2.05) is 37.3 Å². The van der Waals surface area contributed by atoms with Crippen LogP contribution in [-0.2, 0) is 14.8 Å². The van der Waals surface area contributed by atoms with Gasteiger partial charge in [-0.25, -0.2) is 8.42 Å². The molecule has 2 amide bonds. The Labute approximate surface area is 189 Å². The van der Waals surface area contributed by atoms with Crippen molar-refractivity contribution < 1.29 is 18.0 Å². The number of nitrogens with one attached hydrogen (secondary N) is 2. The highest BCUT2D eigenvalue weighted by Gasteiger charge is 2.29. The lowest BCUT2D eigenvalue weighted by Crippen LogP contribution is -2.48. The second kappa shape index (κ2) is 10.6. The van der Waals surface area contributed by atoms with E-state index in [0.717, 1.165) is 12.1 Å². The molecule has 1 saturated heterocycles. The Bertz CT molecular complexity index is 1030. The average Bonchev–Trinajstić information content (AvgIpc) is 2.83. The number of hydrogen-bond acceptors (Lipinski definition) is 5. The van der Waals surface area contributed by atoms with Crippen molar-refractivity contribution in [2.45, 2.75) is 31.2 Å². The third kappa shape index (κ3) is 5.66. The zero-order valence-electron chi connectivity index (χ0n) is 18.5. The molecule has 1 atom stereocenters. The predicted octanol–water partition coefficient (Wildman–Crippen LogP) is 1.84. The van der Waals surface area contributed by atoms with E-state index in [9.17, 15) is 18.0 Å². The molecule has 3 rings (SSSR count). The third-order valence-corrected chi connectivity index (χ3v) is 7.28. The molecule has 0 aromatic heterocycles. The van der Waals surface area contributed by atoms with Gasteiger partial charge < -0.3 is 15.5 Å². The van der Waals surface area contributed by atoms with Crippen LogP contribution in [0.3, 0.4) is 0 Å². The van der Waals surface area contributed by atoms with Gasteiger partial charge in [0.1, 0.15) is 6.04 Å². The lowest BCUT2D eigenvalue weighted by molar-refractivity contribution is -0.122. The van der Waals surface area contributed by atoms with Crippen molar-refractivity contribution in [2.75, 3.05) is 37.6 Å². The first-order valence-electron chi connectivity index (χ1n) is 10.8. The molecule has 8 nitrogen and oxygen atoms in total. The largest absolute Gasteiger partial charge is 0.369 e. The van der Waals surface area contributed by atoms with E-state index in [1.165, 1.54) is 16.4 Å². The molecule has 1 aliphatic rings. The fraction of sp³-hybridized carbons (Fsp3) is 0.391. The Morgan fingerprint density at radius 3 is 2.34 bits per heavy atom. The van der Waals surface area contributed by atoms with E-state index in [0.29, 0.717) is 32.7 Å². The van der Waals surface area contributed by atoms with E-state index in [1.54, 1.807) is 19.1 Å². The fourth-order valence-corrected chi connectivity index (χ4v) is 4.99. The molecule has 1 fully saturated rings. The van der Waals surface area contributed by atoms with Gasteiger partial charge >= 0.3 is 0 Å². The van der Waals surface area contributed by atoms with Gasteiger partial charge in [-0.3, -0.25) is 9.59 Å². The van der Waals surface area contributed by atoms with Crippen LogP contribution in [0.2, 0.25) is 0 Å². The zero-order chi connectivity index (χ0) is 23.1. The Morgan fingerprint density at radius 1 is 1.00 bits per heavy atom. The minimum absolute atomic E-state index is 0.0707. The number of rotatable bonds is 8. The summed E-state index contributed by atoms with van der Waals surface area (Å²) in [6, 6.07) is 15.1. The highest BCUT2D eigenvalue weighted by molar-refractivity contribution is 7.89. The van der Waals surface area contributed by atoms with Crippen molar-refractivity contribution in [2.24, 2.45) is 0 Å². The van der Waals surface area contributed by atoms with E-state index in [4.69, 9.17) is 0 Å². The maximum Gasteiger partial charge on any atom is 0.251 e. The molecule has 172 valence electrons. The van der Waals surface area contributed by atoms with Gasteiger partial charge in [-0.15, -0.1) is 0 Å². The molecule has 0 spiro atoms. The van der Waals surface area contributed by atoms with Crippen molar-refractivity contribution in [1.29, 1.82) is 0 Å². The molecule has 0 saturated carbocycles. The SMILES string of the molecule is CCCNC(=O)[C@@H](C)NC(=O)c1cccc(S(=O)(=O)N2CCN(c3ccccc3)CC2)c1. The molecular weight excluding hydrogens is 428 g/mol. The van der Waals surface area contributed by atoms with Crippen LogP contribution in [0.5, 0.6) is 0 Å². The van der Waals surface area contributed by atoms with E-state index >= 15 is 0 Å². The van der Waals surface area contributed by atoms with E-state index in [2.05, 4.69) is 15.5 Å². The number of sulfonamides is 1. The molecule has 0 bridgehead atoms. The zero-order valence-corrected chi connectivity index (χ0v) is 19.3. The third-order valence-electron chi connectivity index (χ3n) is 5.38. The van der Waals surface area contributed by atoms with Crippen LogP contribution in [-0.4, -0.2) is 63.3 Å². The van der Waals surface area contributed by atoms with Crippen LogP contribution in [0.15, 0.2) is 59.5 Å². The first-order chi connectivity index (χ1) is 15.3. The normalized spacial score (nSPS) is 15.8. The quantitative estimate of drug-likeness (QED) is 0.629. The maximum absolute atomic E-state index is 13.2. The average molecular weight is 459 g/mol. The molecular formula is C23H30N4O4S. The first-order valence-corrected chi connectivity index (χ1v) is 12.3. The molecule has 9 heteroatoms. The molecule has 0 unspecified atom stereocenters. The van der Waals surface area contributed by atoms with E-state index < -0.39 is 22.0 Å². The minimum atomic E-state index is -3.73. The van der Waals surface area contributed by atoms with Crippen LogP contribution >= 0.6 is 0 Å². The van der Waals surface area contributed by atoms with E-state index in [-0.39, 0.29) is 16.4 Å². The van der Waals surface area contributed by atoms with Gasteiger partial charge in [0, 0.05) is 44.0 Å². The number of carbonyl (C=O) groups excluding carboxylic acids is 2. The number of para-hydroxylation sites is 1. The van der Waals surface area contributed by atoms with Gasteiger partial charge in [-0.05, 0) is 43.7 Å². The molecule has 0 aliphatic carbocycles. The van der Waals surface area contributed by atoms with Crippen molar-refractivity contribution in [3.8, 4) is 0 Å². The highest BCUT2D eigenvalue weighted by atomic mass is 32.2. The standard InChI is InChI=1S/C23H30N4O4S/c1-3-12-24-22(28)18(2)25-23(29)19-8-7-11-21(17-19)32(30,31)27-15-13-26(14-16-27)20-9-5-4-6-10-20/h4-11,17-18H,3,12-16H2,1-2H3,(H,24,28)(H,25,29)/t18-/m1/s1. The van der Waals surface area contributed by atoms with Crippen molar-refractivity contribution in [3.05, 3.63) is 60.2 Å². The Morgan fingerprint density at radius 2 is 1.69 bits per heavy atom. The molecule has 0 radical (unpaired) electrons. The summed E-state index contributed by atoms with van der Waals surface area (Å²) >= 11 is 0. The van der Waals surface area contributed by atoms with Crippen LogP contribution in [0, 0.1) is 0 Å². The number of nitrogens with zero attached hydrogens (tertiary/aromatic N) is 2. The van der Waals surface area contributed by atoms with Gasteiger partial charge in [-0.1, -0.05) is 31.2 Å². The second-order valence-electron chi connectivity index (χ2n) is 7.74. The highest BCUT2D eigenvalue weighted by Crippen LogP contribution is 2.21. The van der Waals surface area contributed by atoms with Crippen LogP contribution in [0.25, 0.3) is 0 Å². The first kappa shape index (κ1) is 23.7. The molecule has 2 aromatic carbocycles. The lowest BCUT2D eigenvalue weighted by Gasteiger charge is -2.35. The summed E-state index contributed by atoms with van der Waals surface area (Å²) < 4.78 is 27.8. The molecule has 32 heavy (non-hydrogen) atoms. The number of anilines is 1. The van der Waals surface area contributed by atoms with Gasteiger partial charge in [-0.2, -0.15) is 4.31 Å². The molecule has 1 aliphatic heterocycles. The smallest absolute Gasteiger partial charge is 0.251 e. The fourth-order valence-electron chi connectivity index (χ4n) is 3.52. The summed E-state index contributed by atoms with van der Waals surface area (Å²) in [6.07, 6.45) is 0.798. The summed E-state index contributed by atoms with van der Waals surface area (Å²) in [6.45, 7) is 5.98. The topological polar surface area (TPSA) is 98.8 Å². The van der Waals surface area contributed by atoms with Gasteiger partial charge in [0.25, 0.3) is 5.91 Å². The number of carbonyl (C=O) groups is 2. The molecule has 1 heterocycles. The number of amides is 2.